The van der Waals surface area contributed by atoms with Crippen LogP contribution in [0.25, 0.3) is 0 Å². The molecule has 0 atom stereocenters. The van der Waals surface area contributed by atoms with Gasteiger partial charge in [0.15, 0.2) is 11.5 Å². The van der Waals surface area contributed by atoms with E-state index in [1.165, 1.54) is 17.0 Å². The molecule has 1 saturated carbocycles. The van der Waals surface area contributed by atoms with Crippen LogP contribution in [0.5, 0.6) is 5.88 Å². The summed E-state index contributed by atoms with van der Waals surface area (Å²) in [4.78, 5) is 29.3. The SMILES string of the molecule is O=C([O-])CC1(NC(=O)c2ccc(N3CC(F)(F)C3)c(OCC3CC3)n2)C[S+](O)C1. The number of aromatic nitrogens is 1. The molecule has 158 valence electrons. The number of rotatable bonds is 8. The van der Waals surface area contributed by atoms with E-state index in [4.69, 9.17) is 4.74 Å². The third-order valence-electron chi connectivity index (χ3n) is 5.16. The van der Waals surface area contributed by atoms with Gasteiger partial charge in [-0.05, 0) is 30.9 Å². The molecule has 2 saturated heterocycles. The van der Waals surface area contributed by atoms with Crippen molar-refractivity contribution in [2.45, 2.75) is 30.7 Å². The van der Waals surface area contributed by atoms with Crippen LogP contribution in [0.15, 0.2) is 12.1 Å². The Morgan fingerprint density at radius 3 is 2.59 bits per heavy atom. The zero-order chi connectivity index (χ0) is 20.8. The molecular formula is C18H21F2N3O5S. The summed E-state index contributed by atoms with van der Waals surface area (Å²) >= 11 is -0.946. The van der Waals surface area contributed by atoms with Crippen molar-refractivity contribution in [2.75, 3.05) is 36.1 Å². The van der Waals surface area contributed by atoms with Gasteiger partial charge in [0, 0.05) is 12.4 Å². The Bertz CT molecular complexity index is 822. The Labute approximate surface area is 168 Å². The van der Waals surface area contributed by atoms with Crippen molar-refractivity contribution in [1.29, 1.82) is 0 Å². The minimum Gasteiger partial charge on any atom is -0.550 e. The van der Waals surface area contributed by atoms with E-state index < -0.39 is 54.0 Å². The lowest BCUT2D eigenvalue weighted by Gasteiger charge is -2.40. The first kappa shape index (κ1) is 20.1. The maximum absolute atomic E-state index is 13.3. The molecule has 29 heavy (non-hydrogen) atoms. The van der Waals surface area contributed by atoms with Gasteiger partial charge in [-0.1, -0.05) is 0 Å². The molecule has 0 bridgehead atoms. The molecular weight excluding hydrogens is 408 g/mol. The van der Waals surface area contributed by atoms with E-state index >= 15 is 0 Å². The van der Waals surface area contributed by atoms with Gasteiger partial charge in [-0.15, -0.1) is 0 Å². The zero-order valence-corrected chi connectivity index (χ0v) is 16.3. The molecule has 3 heterocycles. The number of carbonyl (C=O) groups is 2. The van der Waals surface area contributed by atoms with Crippen molar-refractivity contribution >= 4 is 28.7 Å². The number of alkyl halides is 2. The van der Waals surface area contributed by atoms with Crippen molar-refractivity contribution in [2.24, 2.45) is 5.92 Å². The predicted octanol–water partition coefficient (Wildman–Crippen LogP) is 0.0392. The quantitative estimate of drug-likeness (QED) is 0.561. The van der Waals surface area contributed by atoms with Crippen molar-refractivity contribution in [1.82, 2.24) is 10.3 Å². The number of aliphatic carboxylic acids is 1. The standard InChI is InChI=1S/C18H21F2N3O5S/c19-18(20)7-23(8-18)13-4-3-12(21-16(13)28-6-11-1-2-11)15(26)22-17(5-14(24)25)9-29(27)10-17/h3-4,11,27H,1-2,5-10H2,(H-,22,24,25,26). The predicted molar refractivity (Wildman–Crippen MR) is 99.2 cm³/mol. The van der Waals surface area contributed by atoms with Gasteiger partial charge in [0.05, 0.1) is 19.7 Å². The maximum Gasteiger partial charge on any atom is 0.282 e. The molecule has 1 amide bonds. The number of nitrogens with zero attached hydrogens (tertiary/aromatic N) is 2. The Morgan fingerprint density at radius 2 is 2.03 bits per heavy atom. The van der Waals surface area contributed by atoms with E-state index in [0.717, 1.165) is 12.8 Å². The van der Waals surface area contributed by atoms with Gasteiger partial charge in [-0.2, -0.15) is 4.55 Å². The van der Waals surface area contributed by atoms with Crippen molar-refractivity contribution < 1.29 is 32.8 Å². The average molecular weight is 429 g/mol. The molecule has 4 rings (SSSR count). The number of hydrogen-bond acceptors (Lipinski definition) is 7. The maximum atomic E-state index is 13.3. The number of nitrogens with one attached hydrogen (secondary N) is 1. The molecule has 0 radical (unpaired) electrons. The molecule has 3 aliphatic rings. The smallest absolute Gasteiger partial charge is 0.282 e. The fourth-order valence-electron chi connectivity index (χ4n) is 3.47. The summed E-state index contributed by atoms with van der Waals surface area (Å²) in [6.45, 7) is -0.474. The summed E-state index contributed by atoms with van der Waals surface area (Å²) in [7, 11) is 0. The first-order valence-corrected chi connectivity index (χ1v) is 10.8. The highest BCUT2D eigenvalue weighted by Crippen LogP contribution is 2.38. The molecule has 3 fully saturated rings. The van der Waals surface area contributed by atoms with Gasteiger partial charge in [-0.3, -0.25) is 4.79 Å². The Morgan fingerprint density at radius 1 is 1.34 bits per heavy atom. The van der Waals surface area contributed by atoms with Crippen LogP contribution in [0.1, 0.15) is 29.8 Å². The molecule has 1 aliphatic carbocycles. The minimum absolute atomic E-state index is 0.00530. The number of ether oxygens (including phenoxy) is 1. The molecule has 8 nitrogen and oxygen atoms in total. The van der Waals surface area contributed by atoms with Crippen molar-refractivity contribution in [3.63, 3.8) is 0 Å². The van der Waals surface area contributed by atoms with Crippen LogP contribution in [0.4, 0.5) is 14.5 Å². The van der Waals surface area contributed by atoms with Crippen LogP contribution < -0.4 is 20.1 Å². The summed E-state index contributed by atoms with van der Waals surface area (Å²) in [5, 5.41) is 13.6. The Kier molecular flexibility index (Phi) is 5.06. The number of hydrogen-bond donors (Lipinski definition) is 2. The summed E-state index contributed by atoms with van der Waals surface area (Å²) in [6.07, 6.45) is 1.66. The molecule has 0 unspecified atom stereocenters. The van der Waals surface area contributed by atoms with E-state index in [9.17, 15) is 28.0 Å². The second-order valence-corrected chi connectivity index (χ2v) is 9.52. The molecule has 0 spiro atoms. The van der Waals surface area contributed by atoms with Crippen LogP contribution in [0.3, 0.4) is 0 Å². The van der Waals surface area contributed by atoms with Crippen molar-refractivity contribution in [3.8, 4) is 5.88 Å². The Balaban J connectivity index is 1.51. The van der Waals surface area contributed by atoms with E-state index in [1.807, 2.05) is 0 Å². The van der Waals surface area contributed by atoms with Crippen LogP contribution >= 0.6 is 0 Å². The number of carbonyl (C=O) groups excluding carboxylic acids is 2. The fourth-order valence-corrected chi connectivity index (χ4v) is 5.01. The highest BCUT2D eigenvalue weighted by Gasteiger charge is 2.54. The van der Waals surface area contributed by atoms with Gasteiger partial charge in [0.1, 0.15) is 28.1 Å². The molecule has 11 heteroatoms. The number of carboxylic acid groups (broad SMARTS) is 1. The summed E-state index contributed by atoms with van der Waals surface area (Å²) in [6, 6.07) is 2.91. The second-order valence-electron chi connectivity index (χ2n) is 8.02. The fraction of sp³-hybridized carbons (Fsp3) is 0.611. The first-order chi connectivity index (χ1) is 13.6. The van der Waals surface area contributed by atoms with Crippen LogP contribution in [-0.2, 0) is 16.0 Å². The normalized spacial score (nSPS) is 27.6. The number of pyridine rings is 1. The lowest BCUT2D eigenvalue weighted by molar-refractivity contribution is -0.306. The number of amides is 1. The zero-order valence-electron chi connectivity index (χ0n) is 15.5. The molecule has 1 aromatic rings. The molecule has 2 aliphatic heterocycles. The highest BCUT2D eigenvalue weighted by molar-refractivity contribution is 7.93. The lowest BCUT2D eigenvalue weighted by Crippen LogP contribution is -2.67. The van der Waals surface area contributed by atoms with Gasteiger partial charge in [-0.25, -0.2) is 13.8 Å². The number of anilines is 1. The first-order valence-electron chi connectivity index (χ1n) is 9.30. The monoisotopic (exact) mass is 429 g/mol. The minimum atomic E-state index is -2.76. The average Bonchev–Trinajstić information content (AvgIpc) is 3.40. The van der Waals surface area contributed by atoms with E-state index in [-0.39, 0.29) is 23.1 Å². The van der Waals surface area contributed by atoms with Crippen LogP contribution in [-0.4, -0.2) is 64.1 Å². The summed E-state index contributed by atoms with van der Waals surface area (Å²) < 4.78 is 41.8. The van der Waals surface area contributed by atoms with Gasteiger partial charge in [0.2, 0.25) is 5.88 Å². The third-order valence-corrected chi connectivity index (χ3v) is 6.93. The third kappa shape index (κ3) is 4.55. The Hall–Kier alpha value is -2.14. The number of carboxylic acids is 1. The summed E-state index contributed by atoms with van der Waals surface area (Å²) in [5.74, 6) is -3.89. The van der Waals surface area contributed by atoms with Gasteiger partial charge < -0.3 is 24.9 Å². The van der Waals surface area contributed by atoms with Gasteiger partial charge >= 0.3 is 0 Å². The lowest BCUT2D eigenvalue weighted by atomic mass is 9.98. The van der Waals surface area contributed by atoms with E-state index in [1.54, 1.807) is 0 Å². The van der Waals surface area contributed by atoms with E-state index in [0.29, 0.717) is 18.2 Å². The summed E-state index contributed by atoms with van der Waals surface area (Å²) in [5.41, 5.74) is -0.671. The largest absolute Gasteiger partial charge is 0.550 e. The molecule has 2 N–H and O–H groups in total. The van der Waals surface area contributed by atoms with Gasteiger partial charge in [0.25, 0.3) is 11.8 Å². The van der Waals surface area contributed by atoms with Crippen molar-refractivity contribution in [3.05, 3.63) is 17.8 Å². The number of halogens is 2. The molecule has 1 aromatic heterocycles. The van der Waals surface area contributed by atoms with E-state index in [2.05, 4.69) is 10.3 Å². The van der Waals surface area contributed by atoms with Crippen LogP contribution in [0, 0.1) is 5.92 Å². The van der Waals surface area contributed by atoms with Crippen LogP contribution in [0.2, 0.25) is 0 Å². The molecule has 0 aromatic carbocycles. The topological polar surface area (TPSA) is 115 Å². The second kappa shape index (κ2) is 7.28. The highest BCUT2D eigenvalue weighted by atomic mass is 32.2.